The Hall–Kier alpha value is -5.46. The van der Waals surface area contributed by atoms with E-state index >= 15 is 0 Å². The molecule has 0 amide bonds. The first-order valence-electron chi connectivity index (χ1n) is 28.0. The van der Waals surface area contributed by atoms with E-state index in [0.29, 0.717) is 11.8 Å². The molecule has 0 heteroatoms. The lowest BCUT2D eigenvalue weighted by Gasteiger charge is -2.18. The maximum Gasteiger partial charge on any atom is -0.0132 e. The molecule has 7 aromatic rings. The molecule has 0 aliphatic heterocycles. The third-order valence-electron chi connectivity index (χ3n) is 12.8. The van der Waals surface area contributed by atoms with Gasteiger partial charge in [0.2, 0.25) is 0 Å². The van der Waals surface area contributed by atoms with E-state index in [2.05, 4.69) is 301 Å². The van der Waals surface area contributed by atoms with E-state index in [1.54, 1.807) is 0 Å². The monoisotopic (exact) mass is 981 g/mol. The molecule has 0 saturated carbocycles. The van der Waals surface area contributed by atoms with Gasteiger partial charge in [-0.05, 0) is 149 Å². The maximum absolute atomic E-state index is 2.27. The first-order valence-corrected chi connectivity index (χ1v) is 28.0. The molecule has 1 atom stereocenters. The quantitative estimate of drug-likeness (QED) is 0.121. The third kappa shape index (κ3) is 31.7. The molecular formula is C73H104. The summed E-state index contributed by atoms with van der Waals surface area (Å²) in [4.78, 5) is 0. The van der Waals surface area contributed by atoms with Crippen LogP contribution in [-0.4, -0.2) is 0 Å². The molecule has 7 rings (SSSR count). The normalized spacial score (nSPS) is 10.8. The van der Waals surface area contributed by atoms with Crippen LogP contribution in [0.25, 0.3) is 0 Å². The predicted molar refractivity (Wildman–Crippen MR) is 330 cm³/mol. The van der Waals surface area contributed by atoms with Gasteiger partial charge in [0.1, 0.15) is 0 Å². The fourth-order valence-corrected chi connectivity index (χ4v) is 7.33. The maximum atomic E-state index is 2.27. The van der Waals surface area contributed by atoms with Crippen LogP contribution in [0.1, 0.15) is 198 Å². The summed E-state index contributed by atoms with van der Waals surface area (Å²) in [6, 6.07) is 61.3. The van der Waals surface area contributed by atoms with Crippen LogP contribution in [0, 0.1) is 54.4 Å². The first kappa shape index (κ1) is 65.6. The number of hydrogen-bond acceptors (Lipinski definition) is 0. The summed E-state index contributed by atoms with van der Waals surface area (Å²) in [6.07, 6.45) is 9.83. The van der Waals surface area contributed by atoms with Gasteiger partial charge in [0.25, 0.3) is 0 Å². The fraction of sp³-hybridized carbons (Fsp3) is 0.425. The Bertz CT molecular complexity index is 2370. The van der Waals surface area contributed by atoms with Gasteiger partial charge in [-0.15, -0.1) is 0 Å². The van der Waals surface area contributed by atoms with Crippen LogP contribution < -0.4 is 0 Å². The van der Waals surface area contributed by atoms with Crippen molar-refractivity contribution in [3.8, 4) is 0 Å². The molecule has 0 N–H and O–H groups in total. The van der Waals surface area contributed by atoms with Gasteiger partial charge in [0.05, 0.1) is 0 Å². The highest BCUT2D eigenvalue weighted by Gasteiger charge is 2.12. The van der Waals surface area contributed by atoms with E-state index in [1.165, 1.54) is 123 Å². The van der Waals surface area contributed by atoms with Crippen molar-refractivity contribution in [1.29, 1.82) is 0 Å². The Morgan fingerprint density at radius 1 is 0.342 bits per heavy atom. The highest BCUT2D eigenvalue weighted by Crippen LogP contribution is 2.22. The average molecular weight is 982 g/mol. The van der Waals surface area contributed by atoms with E-state index < -0.39 is 0 Å². The van der Waals surface area contributed by atoms with Crippen LogP contribution in [0.5, 0.6) is 0 Å². The van der Waals surface area contributed by atoms with Gasteiger partial charge >= 0.3 is 0 Å². The molecule has 0 fully saturated rings. The molecule has 0 nitrogen and oxygen atoms in total. The molecule has 73 heavy (non-hydrogen) atoms. The van der Waals surface area contributed by atoms with Crippen molar-refractivity contribution in [2.75, 3.05) is 0 Å². The van der Waals surface area contributed by atoms with Crippen LogP contribution in [0.2, 0.25) is 0 Å². The van der Waals surface area contributed by atoms with Crippen molar-refractivity contribution in [3.63, 3.8) is 0 Å². The Morgan fingerprint density at radius 2 is 0.658 bits per heavy atom. The van der Waals surface area contributed by atoms with Crippen LogP contribution in [0.15, 0.2) is 170 Å². The van der Waals surface area contributed by atoms with E-state index in [9.17, 15) is 0 Å². The number of hydrogen-bond donors (Lipinski definition) is 0. The van der Waals surface area contributed by atoms with Gasteiger partial charge in [-0.3, -0.25) is 0 Å². The molecule has 0 heterocycles. The predicted octanol–water partition coefficient (Wildman–Crippen LogP) is 22.0. The average Bonchev–Trinajstić information content (AvgIpc) is 3.36. The molecule has 0 radical (unpaired) electrons. The van der Waals surface area contributed by atoms with Gasteiger partial charge in [-0.1, -0.05) is 305 Å². The summed E-state index contributed by atoms with van der Waals surface area (Å²) in [5, 5.41) is 0. The van der Waals surface area contributed by atoms with Crippen LogP contribution in [0.4, 0.5) is 0 Å². The summed E-state index contributed by atoms with van der Waals surface area (Å²) in [5.41, 5.74) is 19.8. The SMILES string of the molecule is CCC(C)c1ccc(C)cc1.CCCCc1ccc(C)cc1.CCCc1ccc(C)cc1.CCc1ccc(C)cc1.Cc1ccc(C(C)(C)C)cc1.Cc1ccc(C(C)C)cc1.Cc1ccc(CC(C)C)cc1. The van der Waals surface area contributed by atoms with E-state index in [-0.39, 0.29) is 5.41 Å². The molecule has 7 aromatic carbocycles. The van der Waals surface area contributed by atoms with Crippen molar-refractivity contribution in [1.82, 2.24) is 0 Å². The lowest BCUT2D eigenvalue weighted by molar-refractivity contribution is 0.590. The van der Waals surface area contributed by atoms with Crippen LogP contribution >= 0.6 is 0 Å². The second kappa shape index (κ2) is 37.3. The van der Waals surface area contributed by atoms with E-state index in [0.717, 1.165) is 12.3 Å². The zero-order valence-electron chi connectivity index (χ0n) is 50.1. The highest BCUT2D eigenvalue weighted by atomic mass is 14.2. The van der Waals surface area contributed by atoms with Crippen molar-refractivity contribution in [2.24, 2.45) is 5.92 Å². The molecule has 0 spiro atoms. The van der Waals surface area contributed by atoms with Crippen LogP contribution in [-0.2, 0) is 31.1 Å². The molecule has 0 aliphatic rings. The first-order chi connectivity index (χ1) is 34.6. The zero-order chi connectivity index (χ0) is 54.8. The Balaban J connectivity index is 0.000000426. The minimum atomic E-state index is 0.285. The van der Waals surface area contributed by atoms with Gasteiger partial charge in [-0.2, -0.15) is 0 Å². The Kier molecular flexibility index (Phi) is 33.5. The van der Waals surface area contributed by atoms with E-state index in [1.807, 2.05) is 0 Å². The second-order valence-corrected chi connectivity index (χ2v) is 22.1. The lowest BCUT2D eigenvalue weighted by Crippen LogP contribution is -2.10. The zero-order valence-corrected chi connectivity index (χ0v) is 50.1. The van der Waals surface area contributed by atoms with Crippen molar-refractivity contribution >= 4 is 0 Å². The largest absolute Gasteiger partial charge is 0.0654 e. The summed E-state index contributed by atoms with van der Waals surface area (Å²) in [6.45, 7) is 41.6. The van der Waals surface area contributed by atoms with Crippen molar-refractivity contribution < 1.29 is 0 Å². The van der Waals surface area contributed by atoms with Gasteiger partial charge < -0.3 is 0 Å². The lowest BCUT2D eigenvalue weighted by atomic mass is 9.87. The Morgan fingerprint density at radius 3 is 0.959 bits per heavy atom. The fourth-order valence-electron chi connectivity index (χ4n) is 7.33. The molecule has 0 aliphatic carbocycles. The number of rotatable bonds is 11. The number of benzene rings is 7. The van der Waals surface area contributed by atoms with Crippen molar-refractivity contribution in [2.45, 2.75) is 200 Å². The molecule has 0 aromatic heterocycles. The third-order valence-corrected chi connectivity index (χ3v) is 12.8. The number of unbranched alkanes of at least 4 members (excludes halogenated alkanes) is 1. The van der Waals surface area contributed by atoms with Gasteiger partial charge in [0, 0.05) is 0 Å². The highest BCUT2D eigenvalue weighted by molar-refractivity contribution is 5.28. The second-order valence-electron chi connectivity index (χ2n) is 22.1. The molecule has 1 unspecified atom stereocenters. The summed E-state index contributed by atoms with van der Waals surface area (Å²) in [5.74, 6) is 2.12. The topological polar surface area (TPSA) is 0 Å². The van der Waals surface area contributed by atoms with Gasteiger partial charge in [-0.25, -0.2) is 0 Å². The minimum Gasteiger partial charge on any atom is -0.0654 e. The molecule has 0 saturated heterocycles. The van der Waals surface area contributed by atoms with Gasteiger partial charge in [0.15, 0.2) is 0 Å². The van der Waals surface area contributed by atoms with E-state index in [4.69, 9.17) is 0 Å². The van der Waals surface area contributed by atoms with Crippen molar-refractivity contribution in [3.05, 3.63) is 248 Å². The van der Waals surface area contributed by atoms with Crippen LogP contribution in [0.3, 0.4) is 0 Å². The summed E-state index contributed by atoms with van der Waals surface area (Å²) >= 11 is 0. The summed E-state index contributed by atoms with van der Waals surface area (Å²) in [7, 11) is 0. The molecular weight excluding hydrogens is 877 g/mol. The Labute approximate surface area is 451 Å². The summed E-state index contributed by atoms with van der Waals surface area (Å²) < 4.78 is 0. The standard InChI is InChI=1S/4C11H16.2C10H14.C9H12/c1-9-5-7-10(8-6-9)11(2,3)4;1-9(2)8-11-6-4-10(3)5-7-11;1-4-10(3)11-7-5-9(2)6-8-11;1-3-4-5-11-8-6-10(2)7-9-11;1-8(2)10-6-4-9(3)5-7-10;1-3-4-10-7-5-9(2)6-8-10;1-3-9-6-4-8(2)5-7-9/h5-8H,1-4H3;4-7,9H,8H2,1-3H3;5-8,10H,4H2,1-3H3;6-9H,3-5H2,1-2H3;4-8H,1-3H3;5-8H,3-4H2,1-2H3;4-7H,3H2,1-2H3. The minimum absolute atomic E-state index is 0.285. The number of aryl methyl sites for hydroxylation is 10. The molecule has 0 bridgehead atoms. The smallest absolute Gasteiger partial charge is 0.0132 e. The molecule has 396 valence electrons.